The predicted octanol–water partition coefficient (Wildman–Crippen LogP) is 6.22. The Balaban J connectivity index is 1.11. The molecule has 4 aromatic carbocycles. The first-order valence-electron chi connectivity index (χ1n) is 15.2. The van der Waals surface area contributed by atoms with Crippen LogP contribution in [0.2, 0.25) is 0 Å². The van der Waals surface area contributed by atoms with Crippen LogP contribution >= 0.6 is 11.8 Å². The van der Waals surface area contributed by atoms with E-state index in [0.29, 0.717) is 23.6 Å². The maximum absolute atomic E-state index is 13.9. The third-order valence-corrected chi connectivity index (χ3v) is 9.21. The molecule has 0 spiro atoms. The van der Waals surface area contributed by atoms with Crippen molar-refractivity contribution in [3.63, 3.8) is 0 Å². The molecular formula is C37H38N4O2S. The van der Waals surface area contributed by atoms with Crippen LogP contribution in [-0.2, 0) is 17.9 Å². The molecule has 6 rings (SSSR count). The zero-order chi connectivity index (χ0) is 30.3. The second-order valence-electron chi connectivity index (χ2n) is 11.4. The van der Waals surface area contributed by atoms with E-state index < -0.39 is 0 Å². The van der Waals surface area contributed by atoms with E-state index >= 15 is 0 Å². The molecule has 2 amide bonds. The molecule has 224 valence electrons. The van der Waals surface area contributed by atoms with E-state index in [1.165, 1.54) is 17.3 Å². The van der Waals surface area contributed by atoms with Gasteiger partial charge in [-0.05, 0) is 47.9 Å². The van der Waals surface area contributed by atoms with Crippen molar-refractivity contribution in [2.24, 2.45) is 0 Å². The quantitative estimate of drug-likeness (QED) is 0.231. The normalized spacial score (nSPS) is 16.6. The number of hydrogen-bond donors (Lipinski definition) is 1. The van der Waals surface area contributed by atoms with Gasteiger partial charge in [0.1, 0.15) is 0 Å². The molecule has 2 aliphatic rings. The Bertz CT molecular complexity index is 1630. The largest absolute Gasteiger partial charge is 0.351 e. The maximum atomic E-state index is 13.9. The minimum absolute atomic E-state index is 0.0585. The number of amides is 2. The van der Waals surface area contributed by atoms with Crippen molar-refractivity contribution in [3.05, 3.63) is 136 Å². The van der Waals surface area contributed by atoms with Crippen LogP contribution < -0.4 is 10.2 Å². The number of nitrogens with one attached hydrogen (secondary N) is 1. The molecule has 0 saturated carbocycles. The van der Waals surface area contributed by atoms with Crippen molar-refractivity contribution in [2.45, 2.75) is 24.9 Å². The minimum Gasteiger partial charge on any atom is -0.351 e. The van der Waals surface area contributed by atoms with Gasteiger partial charge in [0.2, 0.25) is 0 Å². The van der Waals surface area contributed by atoms with Crippen molar-refractivity contribution in [3.8, 4) is 0 Å². The molecule has 2 heterocycles. The Kier molecular flexibility index (Phi) is 9.56. The zero-order valence-corrected chi connectivity index (χ0v) is 25.9. The average Bonchev–Trinajstić information content (AvgIpc) is 3.04. The fraction of sp³-hybridized carbons (Fsp3) is 0.243. The van der Waals surface area contributed by atoms with E-state index in [1.54, 1.807) is 4.90 Å². The van der Waals surface area contributed by atoms with Crippen LogP contribution in [0.15, 0.2) is 113 Å². The van der Waals surface area contributed by atoms with Gasteiger partial charge >= 0.3 is 0 Å². The summed E-state index contributed by atoms with van der Waals surface area (Å²) in [6.07, 6.45) is 1.95. The van der Waals surface area contributed by atoms with Crippen LogP contribution in [-0.4, -0.2) is 60.9 Å². The Morgan fingerprint density at radius 1 is 0.795 bits per heavy atom. The number of anilines is 1. The van der Waals surface area contributed by atoms with Crippen LogP contribution in [0.5, 0.6) is 0 Å². The van der Waals surface area contributed by atoms with Crippen LogP contribution in [0, 0.1) is 6.92 Å². The lowest BCUT2D eigenvalue weighted by molar-refractivity contribution is -0.114. The number of benzene rings is 4. The van der Waals surface area contributed by atoms with Gasteiger partial charge in [-0.3, -0.25) is 19.4 Å². The number of hydrogen-bond acceptors (Lipinski definition) is 5. The second-order valence-corrected chi connectivity index (χ2v) is 12.5. The molecule has 0 atom stereocenters. The summed E-state index contributed by atoms with van der Waals surface area (Å²) in [5.74, 6) is -0.175. The molecule has 0 radical (unpaired) electrons. The van der Waals surface area contributed by atoms with Gasteiger partial charge in [0.25, 0.3) is 11.8 Å². The third-order valence-electron chi connectivity index (χ3n) is 8.14. The topological polar surface area (TPSA) is 55.9 Å². The lowest BCUT2D eigenvalue weighted by atomic mass is 10.1. The van der Waals surface area contributed by atoms with Gasteiger partial charge in [-0.15, -0.1) is 0 Å². The summed E-state index contributed by atoms with van der Waals surface area (Å²) in [4.78, 5) is 35.5. The first-order valence-corrected chi connectivity index (χ1v) is 16.1. The SMILES string of the molecule is Cc1cccc(CN2C(=O)C(=Cc3ccccc3)Sc3ccc(C(=O)NCCN4CCN(Cc5ccccc5)CC4)cc32)c1. The van der Waals surface area contributed by atoms with Gasteiger partial charge in [0, 0.05) is 56.3 Å². The standard InChI is InChI=1S/C37H38N4O2S/c1-28-9-8-14-31(23-28)27-41-33-25-32(15-16-34(33)44-35(37(41)43)24-29-10-4-2-5-11-29)36(42)38-17-18-39-19-21-40(22-20-39)26-30-12-6-3-7-13-30/h2-16,23-25H,17-22,26-27H2,1H3,(H,38,42). The highest BCUT2D eigenvalue weighted by molar-refractivity contribution is 8.04. The highest BCUT2D eigenvalue weighted by Crippen LogP contribution is 2.43. The maximum Gasteiger partial charge on any atom is 0.265 e. The lowest BCUT2D eigenvalue weighted by Crippen LogP contribution is -2.48. The smallest absolute Gasteiger partial charge is 0.265 e. The molecule has 6 nitrogen and oxygen atoms in total. The first kappa shape index (κ1) is 29.9. The molecule has 0 aromatic heterocycles. The number of carbonyl (C=O) groups excluding carboxylic acids is 2. The lowest BCUT2D eigenvalue weighted by Gasteiger charge is -2.34. The average molecular weight is 603 g/mol. The number of aryl methyl sites for hydroxylation is 1. The van der Waals surface area contributed by atoms with E-state index in [9.17, 15) is 9.59 Å². The summed E-state index contributed by atoms with van der Waals surface area (Å²) in [6, 6.07) is 34.4. The number of fused-ring (bicyclic) bond motifs is 1. The summed E-state index contributed by atoms with van der Waals surface area (Å²) in [5.41, 5.74) is 5.86. The summed E-state index contributed by atoms with van der Waals surface area (Å²) in [6.45, 7) is 8.90. The van der Waals surface area contributed by atoms with Crippen molar-refractivity contribution < 1.29 is 9.59 Å². The monoisotopic (exact) mass is 602 g/mol. The van der Waals surface area contributed by atoms with Gasteiger partial charge < -0.3 is 10.2 Å². The van der Waals surface area contributed by atoms with Gasteiger partial charge in [-0.2, -0.15) is 0 Å². The molecular weight excluding hydrogens is 565 g/mol. The van der Waals surface area contributed by atoms with Crippen LogP contribution in [0.1, 0.15) is 32.6 Å². The van der Waals surface area contributed by atoms with E-state index in [4.69, 9.17) is 0 Å². The number of thioether (sulfide) groups is 1. The second kappa shape index (κ2) is 14.1. The fourth-order valence-electron chi connectivity index (χ4n) is 5.74. The van der Waals surface area contributed by atoms with Gasteiger partial charge in [0.15, 0.2) is 0 Å². The van der Waals surface area contributed by atoms with E-state index in [0.717, 1.165) is 66.5 Å². The van der Waals surface area contributed by atoms with E-state index in [2.05, 4.69) is 64.5 Å². The summed E-state index contributed by atoms with van der Waals surface area (Å²) in [7, 11) is 0. The van der Waals surface area contributed by atoms with Crippen molar-refractivity contribution >= 4 is 35.3 Å². The van der Waals surface area contributed by atoms with Gasteiger partial charge in [-0.25, -0.2) is 0 Å². The molecule has 1 saturated heterocycles. The van der Waals surface area contributed by atoms with Crippen molar-refractivity contribution in [1.29, 1.82) is 0 Å². The van der Waals surface area contributed by atoms with Gasteiger partial charge in [0.05, 0.1) is 17.1 Å². The van der Waals surface area contributed by atoms with Crippen molar-refractivity contribution in [1.82, 2.24) is 15.1 Å². The Hall–Kier alpha value is -4.17. The Labute approximate surface area is 264 Å². The minimum atomic E-state index is -0.117. The molecule has 7 heteroatoms. The van der Waals surface area contributed by atoms with Crippen LogP contribution in [0.4, 0.5) is 5.69 Å². The molecule has 0 bridgehead atoms. The summed E-state index contributed by atoms with van der Waals surface area (Å²) in [5, 5.41) is 3.11. The van der Waals surface area contributed by atoms with Crippen molar-refractivity contribution in [2.75, 3.05) is 44.2 Å². The third kappa shape index (κ3) is 7.48. The fourth-order valence-corrected chi connectivity index (χ4v) is 6.78. The molecule has 4 aromatic rings. The molecule has 0 unspecified atom stereocenters. The van der Waals surface area contributed by atoms with Gasteiger partial charge in [-0.1, -0.05) is 102 Å². The Morgan fingerprint density at radius 3 is 2.25 bits per heavy atom. The van der Waals surface area contributed by atoms with E-state index in [1.807, 2.05) is 66.7 Å². The molecule has 44 heavy (non-hydrogen) atoms. The zero-order valence-electron chi connectivity index (χ0n) is 25.1. The molecule has 2 aliphatic heterocycles. The first-order chi connectivity index (χ1) is 21.5. The van der Waals surface area contributed by atoms with E-state index in [-0.39, 0.29) is 11.8 Å². The number of rotatable bonds is 9. The van der Waals surface area contributed by atoms with Crippen LogP contribution in [0.3, 0.4) is 0 Å². The molecule has 1 fully saturated rings. The summed E-state index contributed by atoms with van der Waals surface area (Å²) >= 11 is 1.46. The summed E-state index contributed by atoms with van der Waals surface area (Å²) < 4.78 is 0. The number of piperazine rings is 1. The van der Waals surface area contributed by atoms with Crippen LogP contribution in [0.25, 0.3) is 6.08 Å². The predicted molar refractivity (Wildman–Crippen MR) is 180 cm³/mol. The number of nitrogens with zero attached hydrogens (tertiary/aromatic N) is 3. The molecule has 0 aliphatic carbocycles. The highest BCUT2D eigenvalue weighted by Gasteiger charge is 2.30. The Morgan fingerprint density at radius 2 is 1.50 bits per heavy atom. The highest BCUT2D eigenvalue weighted by atomic mass is 32.2. The number of carbonyl (C=O) groups is 2. The molecule has 1 N–H and O–H groups in total.